The third kappa shape index (κ3) is 6.74. The first-order valence-corrected chi connectivity index (χ1v) is 14.3. The number of aryl methyl sites for hydroxylation is 1. The van der Waals surface area contributed by atoms with Gasteiger partial charge in [-0.3, -0.25) is 13.9 Å². The number of nitrogens with one attached hydrogen (secondary N) is 1. The smallest absolute Gasteiger partial charge is 0.264 e. The molecule has 7 nitrogen and oxygen atoms in total. The zero-order chi connectivity index (χ0) is 28.2. The molecule has 0 aliphatic heterocycles. The van der Waals surface area contributed by atoms with Crippen molar-refractivity contribution in [2.45, 2.75) is 31.3 Å². The molecule has 0 radical (unpaired) electrons. The molecule has 3 aromatic carbocycles. The average molecular weight is 617 g/mol. The van der Waals surface area contributed by atoms with E-state index >= 15 is 0 Å². The molecule has 0 aliphatic rings. The number of sulfonamides is 1. The molecule has 3 rings (SSSR count). The van der Waals surface area contributed by atoms with Crippen molar-refractivity contribution in [1.82, 2.24) is 10.2 Å². The van der Waals surface area contributed by atoms with Crippen molar-refractivity contribution < 1.29 is 18.0 Å². The van der Waals surface area contributed by atoms with Gasteiger partial charge in [0.05, 0.1) is 15.6 Å². The molecule has 0 bridgehead atoms. The first kappa shape index (κ1) is 30.1. The molecule has 1 unspecified atom stereocenters. The van der Waals surface area contributed by atoms with E-state index in [0.29, 0.717) is 15.6 Å². The largest absolute Gasteiger partial charge is 0.357 e. The van der Waals surface area contributed by atoms with Gasteiger partial charge in [-0.25, -0.2) is 8.42 Å². The molecule has 0 saturated heterocycles. The van der Waals surface area contributed by atoms with Crippen molar-refractivity contribution in [3.8, 4) is 0 Å². The molecule has 3 aromatic rings. The Morgan fingerprint density at radius 1 is 0.921 bits per heavy atom. The number of carbonyl (C=O) groups is 2. The van der Waals surface area contributed by atoms with Crippen molar-refractivity contribution >= 4 is 73.9 Å². The predicted octanol–water partition coefficient (Wildman–Crippen LogP) is 5.97. The van der Waals surface area contributed by atoms with E-state index in [2.05, 4.69) is 5.32 Å². The van der Waals surface area contributed by atoms with Gasteiger partial charge in [0.15, 0.2) is 0 Å². The first-order valence-electron chi connectivity index (χ1n) is 11.3. The Balaban J connectivity index is 2.11. The molecule has 1 N–H and O–H groups in total. The number of rotatable bonds is 9. The maximum absolute atomic E-state index is 13.8. The van der Waals surface area contributed by atoms with Gasteiger partial charge in [-0.2, -0.15) is 0 Å². The molecule has 0 saturated carbocycles. The Morgan fingerprint density at radius 3 is 2.11 bits per heavy atom. The lowest BCUT2D eigenvalue weighted by molar-refractivity contribution is -0.139. The quantitative estimate of drug-likeness (QED) is 0.321. The molecular formula is C26H25Cl4N3O4S. The monoisotopic (exact) mass is 615 g/mol. The molecule has 0 aromatic heterocycles. The topological polar surface area (TPSA) is 86.8 Å². The molecule has 0 fully saturated rings. The van der Waals surface area contributed by atoms with Crippen LogP contribution in [0.5, 0.6) is 0 Å². The van der Waals surface area contributed by atoms with Crippen LogP contribution in [0.2, 0.25) is 20.1 Å². The van der Waals surface area contributed by atoms with E-state index in [-0.39, 0.29) is 27.2 Å². The average Bonchev–Trinajstić information content (AvgIpc) is 2.87. The van der Waals surface area contributed by atoms with E-state index in [1.807, 2.05) is 6.92 Å². The highest BCUT2D eigenvalue weighted by Crippen LogP contribution is 2.34. The zero-order valence-corrected chi connectivity index (χ0v) is 24.6. The third-order valence-corrected chi connectivity index (χ3v) is 8.91. The lowest BCUT2D eigenvalue weighted by Crippen LogP contribution is -2.50. The van der Waals surface area contributed by atoms with Crippen LogP contribution in [0.25, 0.3) is 0 Å². The number of benzene rings is 3. The zero-order valence-electron chi connectivity index (χ0n) is 20.7. The van der Waals surface area contributed by atoms with Crippen LogP contribution >= 0.6 is 46.4 Å². The van der Waals surface area contributed by atoms with Crippen molar-refractivity contribution in [1.29, 1.82) is 0 Å². The van der Waals surface area contributed by atoms with Crippen LogP contribution in [0, 0.1) is 6.92 Å². The normalized spacial score (nSPS) is 12.1. The maximum Gasteiger partial charge on any atom is 0.264 e. The maximum atomic E-state index is 13.8. The number of hydrogen-bond acceptors (Lipinski definition) is 4. The van der Waals surface area contributed by atoms with Crippen molar-refractivity contribution in [2.24, 2.45) is 0 Å². The van der Waals surface area contributed by atoms with Gasteiger partial charge in [0.1, 0.15) is 12.6 Å². The molecular weight excluding hydrogens is 592 g/mol. The minimum atomic E-state index is -4.29. The summed E-state index contributed by atoms with van der Waals surface area (Å²) in [5.41, 5.74) is 1.28. The number of hydrogen-bond donors (Lipinski definition) is 1. The molecule has 1 atom stereocenters. The number of nitrogens with zero attached hydrogens (tertiary/aromatic N) is 2. The second kappa shape index (κ2) is 12.6. The number of halogens is 4. The Labute approximate surface area is 242 Å². The standard InChI is InChI=1S/C26H25Cl4N3O4S/c1-16-7-10-19(11-8-16)38(36,37)33(24-13-18(27)9-12-23(24)30)15-25(34)32(17(2)26(35)31-3)14-20-21(28)5-4-6-22(20)29/h4-13,17H,14-15H2,1-3H3,(H,31,35). The summed E-state index contributed by atoms with van der Waals surface area (Å²) in [7, 11) is -2.85. The summed E-state index contributed by atoms with van der Waals surface area (Å²) in [6.45, 7) is 2.52. The van der Waals surface area contributed by atoms with Crippen LogP contribution in [0.4, 0.5) is 5.69 Å². The van der Waals surface area contributed by atoms with E-state index in [1.54, 1.807) is 30.3 Å². The van der Waals surface area contributed by atoms with E-state index in [4.69, 9.17) is 46.4 Å². The Hall–Kier alpha value is -2.49. The minimum absolute atomic E-state index is 0.0106. The molecule has 202 valence electrons. The Kier molecular flexibility index (Phi) is 9.95. The summed E-state index contributed by atoms with van der Waals surface area (Å²) in [5.74, 6) is -1.15. The first-order chi connectivity index (χ1) is 17.9. The summed E-state index contributed by atoms with van der Waals surface area (Å²) >= 11 is 25.2. The highest BCUT2D eigenvalue weighted by molar-refractivity contribution is 7.92. The Morgan fingerprint density at radius 2 is 1.53 bits per heavy atom. The predicted molar refractivity (Wildman–Crippen MR) is 153 cm³/mol. The van der Waals surface area contributed by atoms with E-state index in [9.17, 15) is 18.0 Å². The van der Waals surface area contributed by atoms with Crippen LogP contribution in [-0.4, -0.2) is 44.8 Å². The van der Waals surface area contributed by atoms with Gasteiger partial charge in [0, 0.05) is 34.2 Å². The lowest BCUT2D eigenvalue weighted by Gasteiger charge is -2.32. The molecule has 12 heteroatoms. The van der Waals surface area contributed by atoms with Crippen LogP contribution in [0.3, 0.4) is 0 Å². The highest BCUT2D eigenvalue weighted by Gasteiger charge is 2.33. The number of amides is 2. The highest BCUT2D eigenvalue weighted by atomic mass is 35.5. The summed E-state index contributed by atoms with van der Waals surface area (Å²) in [4.78, 5) is 27.6. The molecule has 0 aliphatic carbocycles. The van der Waals surface area contributed by atoms with Gasteiger partial charge < -0.3 is 10.2 Å². The van der Waals surface area contributed by atoms with E-state index in [0.717, 1.165) is 9.87 Å². The van der Waals surface area contributed by atoms with Gasteiger partial charge >= 0.3 is 0 Å². The van der Waals surface area contributed by atoms with E-state index in [1.165, 1.54) is 49.2 Å². The van der Waals surface area contributed by atoms with Crippen LogP contribution < -0.4 is 9.62 Å². The summed E-state index contributed by atoms with van der Waals surface area (Å²) in [6.07, 6.45) is 0. The minimum Gasteiger partial charge on any atom is -0.357 e. The lowest BCUT2D eigenvalue weighted by atomic mass is 10.1. The van der Waals surface area contributed by atoms with Crippen LogP contribution in [-0.2, 0) is 26.2 Å². The second-order valence-corrected chi connectivity index (χ2v) is 12.0. The Bertz CT molecular complexity index is 1430. The SMILES string of the molecule is CNC(=O)C(C)N(Cc1c(Cl)cccc1Cl)C(=O)CN(c1cc(Cl)ccc1Cl)S(=O)(=O)c1ccc(C)cc1. The molecule has 38 heavy (non-hydrogen) atoms. The summed E-state index contributed by atoms with van der Waals surface area (Å²) < 4.78 is 28.5. The second-order valence-electron chi connectivity index (χ2n) is 8.43. The number of anilines is 1. The summed E-state index contributed by atoms with van der Waals surface area (Å²) in [5, 5.41) is 3.38. The third-order valence-electron chi connectivity index (χ3n) is 5.87. The van der Waals surface area contributed by atoms with Gasteiger partial charge in [-0.15, -0.1) is 0 Å². The van der Waals surface area contributed by atoms with Crippen molar-refractivity contribution in [3.05, 3.63) is 91.9 Å². The summed E-state index contributed by atoms with van der Waals surface area (Å²) in [6, 6.07) is 14.4. The molecule has 2 amide bonds. The molecule has 0 heterocycles. The molecule has 0 spiro atoms. The van der Waals surface area contributed by atoms with Gasteiger partial charge in [0.25, 0.3) is 10.0 Å². The van der Waals surface area contributed by atoms with Crippen molar-refractivity contribution in [3.63, 3.8) is 0 Å². The van der Waals surface area contributed by atoms with Gasteiger partial charge in [-0.05, 0) is 56.3 Å². The van der Waals surface area contributed by atoms with Gasteiger partial charge in [0.2, 0.25) is 11.8 Å². The fraction of sp³-hybridized carbons (Fsp3) is 0.231. The van der Waals surface area contributed by atoms with Crippen LogP contribution in [0.1, 0.15) is 18.1 Å². The fourth-order valence-electron chi connectivity index (χ4n) is 3.67. The van der Waals surface area contributed by atoms with Gasteiger partial charge in [-0.1, -0.05) is 70.2 Å². The fourth-order valence-corrected chi connectivity index (χ4v) is 6.05. The number of likely N-dealkylation sites (N-methyl/N-ethyl adjacent to an activating group) is 1. The van der Waals surface area contributed by atoms with Crippen molar-refractivity contribution in [2.75, 3.05) is 17.9 Å². The number of carbonyl (C=O) groups excluding carboxylic acids is 2. The van der Waals surface area contributed by atoms with E-state index < -0.39 is 34.4 Å². The van der Waals surface area contributed by atoms with Crippen LogP contribution in [0.15, 0.2) is 65.6 Å².